The predicted molar refractivity (Wildman–Crippen MR) is 68.9 cm³/mol. The maximum absolute atomic E-state index is 11.6. The van der Waals surface area contributed by atoms with Gasteiger partial charge in [0.15, 0.2) is 6.10 Å². The van der Waals surface area contributed by atoms with Crippen molar-refractivity contribution in [2.24, 2.45) is 5.92 Å². The highest BCUT2D eigenvalue weighted by Gasteiger charge is 2.37. The van der Waals surface area contributed by atoms with Crippen LogP contribution in [-0.4, -0.2) is 41.9 Å². The highest BCUT2D eigenvalue weighted by molar-refractivity contribution is 5.75. The topological polar surface area (TPSA) is 87.7 Å². The van der Waals surface area contributed by atoms with Crippen LogP contribution in [0.1, 0.15) is 39.0 Å². The molecule has 2 aliphatic rings. The number of carboxylic acids is 1. The molecule has 0 aromatic rings. The molecule has 2 amide bonds. The van der Waals surface area contributed by atoms with E-state index in [9.17, 15) is 9.59 Å². The number of amides is 2. The third kappa shape index (κ3) is 4.09. The van der Waals surface area contributed by atoms with Crippen molar-refractivity contribution in [2.45, 2.75) is 57.3 Å². The van der Waals surface area contributed by atoms with E-state index in [0.717, 1.165) is 19.3 Å². The molecule has 0 spiro atoms. The molecule has 4 atom stereocenters. The average Bonchev–Trinajstić information content (AvgIpc) is 2.92. The number of nitrogens with one attached hydrogen (secondary N) is 2. The molecule has 1 saturated heterocycles. The van der Waals surface area contributed by atoms with E-state index in [0.29, 0.717) is 31.3 Å². The van der Waals surface area contributed by atoms with Gasteiger partial charge in [0.2, 0.25) is 0 Å². The van der Waals surface area contributed by atoms with Gasteiger partial charge in [-0.25, -0.2) is 9.59 Å². The normalized spacial score (nSPS) is 32.9. The first-order valence-electron chi connectivity index (χ1n) is 7.02. The fraction of sp³-hybridized carbons (Fsp3) is 0.846. The fourth-order valence-corrected chi connectivity index (χ4v) is 2.58. The first-order valence-corrected chi connectivity index (χ1v) is 7.02. The Balaban J connectivity index is 1.59. The molecule has 1 aliphatic carbocycles. The number of ether oxygens (including phenoxy) is 1. The van der Waals surface area contributed by atoms with E-state index in [1.807, 2.05) is 0 Å². The van der Waals surface area contributed by atoms with Crippen LogP contribution in [0, 0.1) is 5.92 Å². The summed E-state index contributed by atoms with van der Waals surface area (Å²) in [5.41, 5.74) is 0. The number of carbonyl (C=O) groups is 2. The lowest BCUT2D eigenvalue weighted by Gasteiger charge is -2.13. The lowest BCUT2D eigenvalue weighted by Crippen LogP contribution is -2.41. The second-order valence-corrected chi connectivity index (χ2v) is 5.41. The van der Waals surface area contributed by atoms with Crippen LogP contribution in [0.25, 0.3) is 0 Å². The van der Waals surface area contributed by atoms with Crippen molar-refractivity contribution < 1.29 is 19.4 Å². The summed E-state index contributed by atoms with van der Waals surface area (Å²) in [5, 5.41) is 14.5. The summed E-state index contributed by atoms with van der Waals surface area (Å²) in [4.78, 5) is 22.3. The molecule has 19 heavy (non-hydrogen) atoms. The summed E-state index contributed by atoms with van der Waals surface area (Å²) >= 11 is 0. The van der Waals surface area contributed by atoms with E-state index in [1.54, 1.807) is 0 Å². The smallest absolute Gasteiger partial charge is 0.332 e. The molecule has 2 rings (SSSR count). The molecule has 1 aliphatic heterocycles. The van der Waals surface area contributed by atoms with Crippen molar-refractivity contribution in [3.63, 3.8) is 0 Å². The standard InChI is InChI=1S/C13H22N2O4/c1-2-3-8-6-10(8)15-13(18)14-7-9-4-5-11(19-9)12(16)17/h8-11H,2-7H2,1H3,(H,16,17)(H2,14,15,18). The molecule has 1 heterocycles. The molecule has 1 saturated carbocycles. The minimum Gasteiger partial charge on any atom is -0.479 e. The Bertz CT molecular complexity index is 348. The molecule has 6 nitrogen and oxygen atoms in total. The highest BCUT2D eigenvalue weighted by atomic mass is 16.5. The monoisotopic (exact) mass is 270 g/mol. The maximum Gasteiger partial charge on any atom is 0.332 e. The SMILES string of the molecule is CCCC1CC1NC(=O)NCC1CCC(C(=O)O)O1. The van der Waals surface area contributed by atoms with Gasteiger partial charge >= 0.3 is 12.0 Å². The molecule has 2 fully saturated rings. The Morgan fingerprint density at radius 3 is 2.79 bits per heavy atom. The fourth-order valence-electron chi connectivity index (χ4n) is 2.58. The first-order chi connectivity index (χ1) is 9.10. The van der Waals surface area contributed by atoms with Crippen LogP contribution in [0.5, 0.6) is 0 Å². The molecule has 108 valence electrons. The summed E-state index contributed by atoms with van der Waals surface area (Å²) in [5.74, 6) is -0.290. The van der Waals surface area contributed by atoms with E-state index < -0.39 is 12.1 Å². The van der Waals surface area contributed by atoms with E-state index in [4.69, 9.17) is 9.84 Å². The number of hydrogen-bond acceptors (Lipinski definition) is 3. The molecule has 3 N–H and O–H groups in total. The van der Waals surface area contributed by atoms with E-state index >= 15 is 0 Å². The van der Waals surface area contributed by atoms with Crippen molar-refractivity contribution in [1.82, 2.24) is 10.6 Å². The van der Waals surface area contributed by atoms with Crippen LogP contribution >= 0.6 is 0 Å². The van der Waals surface area contributed by atoms with Gasteiger partial charge in [-0.2, -0.15) is 0 Å². The zero-order valence-electron chi connectivity index (χ0n) is 11.2. The summed E-state index contributed by atoms with van der Waals surface area (Å²) < 4.78 is 5.31. The first kappa shape index (κ1) is 14.1. The predicted octanol–water partition coefficient (Wildman–Crippen LogP) is 1.11. The molecule has 0 radical (unpaired) electrons. The number of urea groups is 1. The van der Waals surface area contributed by atoms with Crippen molar-refractivity contribution >= 4 is 12.0 Å². The summed E-state index contributed by atoms with van der Waals surface area (Å²) in [6.07, 6.45) is 3.68. The minimum absolute atomic E-state index is 0.175. The van der Waals surface area contributed by atoms with Crippen molar-refractivity contribution in [1.29, 1.82) is 0 Å². The third-order valence-electron chi connectivity index (χ3n) is 3.77. The third-order valence-corrected chi connectivity index (χ3v) is 3.77. The lowest BCUT2D eigenvalue weighted by atomic mass is 10.2. The highest BCUT2D eigenvalue weighted by Crippen LogP contribution is 2.34. The number of hydrogen-bond donors (Lipinski definition) is 3. The van der Waals surface area contributed by atoms with Gasteiger partial charge < -0.3 is 20.5 Å². The molecular formula is C13H22N2O4. The van der Waals surface area contributed by atoms with Gasteiger partial charge in [0.05, 0.1) is 6.10 Å². The maximum atomic E-state index is 11.6. The number of carboxylic acid groups (broad SMARTS) is 1. The number of rotatable bonds is 6. The van der Waals surface area contributed by atoms with Crippen LogP contribution in [0.3, 0.4) is 0 Å². The summed E-state index contributed by atoms with van der Waals surface area (Å²) in [6.45, 7) is 2.52. The quantitative estimate of drug-likeness (QED) is 0.674. The van der Waals surface area contributed by atoms with Gasteiger partial charge in [0.1, 0.15) is 0 Å². The van der Waals surface area contributed by atoms with Crippen LogP contribution in [0.15, 0.2) is 0 Å². The Labute approximate surface area is 112 Å². The van der Waals surface area contributed by atoms with Crippen molar-refractivity contribution in [3.05, 3.63) is 0 Å². The van der Waals surface area contributed by atoms with Gasteiger partial charge in [0.25, 0.3) is 0 Å². The zero-order valence-corrected chi connectivity index (χ0v) is 11.2. The van der Waals surface area contributed by atoms with Crippen LogP contribution in [0.4, 0.5) is 4.79 Å². The van der Waals surface area contributed by atoms with E-state index in [2.05, 4.69) is 17.6 Å². The van der Waals surface area contributed by atoms with Gasteiger partial charge in [-0.15, -0.1) is 0 Å². The van der Waals surface area contributed by atoms with Crippen LogP contribution in [-0.2, 0) is 9.53 Å². The second kappa shape index (κ2) is 6.23. The van der Waals surface area contributed by atoms with Crippen molar-refractivity contribution in [3.8, 4) is 0 Å². The van der Waals surface area contributed by atoms with Gasteiger partial charge in [-0.3, -0.25) is 0 Å². The largest absolute Gasteiger partial charge is 0.479 e. The molecule has 6 heteroatoms. The van der Waals surface area contributed by atoms with Gasteiger partial charge in [-0.05, 0) is 31.6 Å². The molecular weight excluding hydrogens is 248 g/mol. The van der Waals surface area contributed by atoms with Crippen molar-refractivity contribution in [2.75, 3.05) is 6.54 Å². The average molecular weight is 270 g/mol. The van der Waals surface area contributed by atoms with Gasteiger partial charge in [0, 0.05) is 12.6 Å². The summed E-state index contributed by atoms with van der Waals surface area (Å²) in [6, 6.07) is 0.141. The second-order valence-electron chi connectivity index (χ2n) is 5.41. The molecule has 0 bridgehead atoms. The van der Waals surface area contributed by atoms with Crippen LogP contribution < -0.4 is 10.6 Å². The summed E-state index contributed by atoms with van der Waals surface area (Å²) in [7, 11) is 0. The Hall–Kier alpha value is -1.30. The molecule has 0 aromatic heterocycles. The van der Waals surface area contributed by atoms with Crippen LogP contribution in [0.2, 0.25) is 0 Å². The Morgan fingerprint density at radius 1 is 1.37 bits per heavy atom. The number of aliphatic carboxylic acids is 1. The molecule has 0 aromatic carbocycles. The minimum atomic E-state index is -0.924. The van der Waals surface area contributed by atoms with E-state index in [-0.39, 0.29) is 12.1 Å². The Morgan fingerprint density at radius 2 is 2.16 bits per heavy atom. The Kier molecular flexibility index (Phi) is 4.63. The zero-order chi connectivity index (χ0) is 13.8. The molecule has 4 unspecified atom stereocenters. The van der Waals surface area contributed by atoms with Gasteiger partial charge in [-0.1, -0.05) is 13.3 Å². The number of carbonyl (C=O) groups excluding carboxylic acids is 1. The lowest BCUT2D eigenvalue weighted by molar-refractivity contribution is -0.149. The van der Waals surface area contributed by atoms with E-state index in [1.165, 1.54) is 0 Å².